The fraction of sp³-hybridized carbons (Fsp3) is 0.370. The molecule has 0 saturated carbocycles. The van der Waals surface area contributed by atoms with Crippen molar-refractivity contribution in [2.24, 2.45) is 5.41 Å². The largest absolute Gasteiger partial charge is 0.490 e. The second-order valence-electron chi connectivity index (χ2n) is 9.79. The third kappa shape index (κ3) is 6.88. The van der Waals surface area contributed by atoms with Crippen molar-refractivity contribution in [1.29, 1.82) is 0 Å². The van der Waals surface area contributed by atoms with Crippen molar-refractivity contribution in [3.63, 3.8) is 0 Å². The second kappa shape index (κ2) is 11.5. The summed E-state index contributed by atoms with van der Waals surface area (Å²) >= 11 is 7.24. The van der Waals surface area contributed by atoms with Gasteiger partial charge < -0.3 is 19.5 Å². The molecular formula is C27H28ClF3N4O3S. The summed E-state index contributed by atoms with van der Waals surface area (Å²) in [5, 5.41) is 10.3. The number of carboxylic acid groups (broad SMARTS) is 1. The highest BCUT2D eigenvalue weighted by molar-refractivity contribution is 8.00. The lowest BCUT2D eigenvalue weighted by Crippen LogP contribution is -2.43. The quantitative estimate of drug-likeness (QED) is 0.266. The number of hydrogen-bond donors (Lipinski definition) is 2. The Morgan fingerprint density at radius 2 is 1.87 bits per heavy atom. The van der Waals surface area contributed by atoms with Crippen molar-refractivity contribution in [2.45, 2.75) is 50.9 Å². The maximum atomic E-state index is 13.9. The van der Waals surface area contributed by atoms with Crippen molar-refractivity contribution < 1.29 is 27.8 Å². The van der Waals surface area contributed by atoms with Crippen molar-refractivity contribution in [2.75, 3.05) is 22.7 Å². The topological polar surface area (TPSA) is 87.6 Å². The number of carboxylic acids is 1. The lowest BCUT2D eigenvalue weighted by molar-refractivity contribution is -0.149. The number of pyridine rings is 2. The Morgan fingerprint density at radius 3 is 2.51 bits per heavy atom. The Bertz CT molecular complexity index is 1350. The van der Waals surface area contributed by atoms with Crippen LogP contribution in [0, 0.1) is 5.41 Å². The van der Waals surface area contributed by atoms with Crippen LogP contribution in [0.25, 0.3) is 11.3 Å². The SMILES string of the molecule is CC(C)Oc1ccc(Cl)cc1-c1nc(NSc2cccc(N3CCC(C)(C(=O)O)CC3)n2)ccc1C(F)(F)F. The number of hydrogen-bond acceptors (Lipinski definition) is 7. The molecule has 1 saturated heterocycles. The van der Waals surface area contributed by atoms with Crippen LogP contribution < -0.4 is 14.4 Å². The van der Waals surface area contributed by atoms with Crippen LogP contribution in [0.1, 0.15) is 39.2 Å². The summed E-state index contributed by atoms with van der Waals surface area (Å²) in [6.45, 7) is 6.42. The minimum absolute atomic E-state index is 0.135. The first-order valence-corrected chi connectivity index (χ1v) is 13.5. The van der Waals surface area contributed by atoms with Gasteiger partial charge in [0, 0.05) is 35.6 Å². The van der Waals surface area contributed by atoms with Gasteiger partial charge in [0.15, 0.2) is 0 Å². The summed E-state index contributed by atoms with van der Waals surface area (Å²) in [6.07, 6.45) is -3.91. The Balaban J connectivity index is 1.57. The van der Waals surface area contributed by atoms with Crippen molar-refractivity contribution >= 4 is 41.2 Å². The highest BCUT2D eigenvalue weighted by Gasteiger charge is 2.37. The molecule has 2 aromatic heterocycles. The van der Waals surface area contributed by atoms with Gasteiger partial charge in [0.25, 0.3) is 0 Å². The molecule has 7 nitrogen and oxygen atoms in total. The number of carbonyl (C=O) groups is 1. The molecule has 1 fully saturated rings. The van der Waals surface area contributed by atoms with Gasteiger partial charge in [0.1, 0.15) is 22.4 Å². The molecule has 0 aliphatic carbocycles. The van der Waals surface area contributed by atoms with Gasteiger partial charge >= 0.3 is 12.1 Å². The van der Waals surface area contributed by atoms with E-state index < -0.39 is 23.1 Å². The monoisotopic (exact) mass is 580 g/mol. The number of rotatable bonds is 8. The first-order chi connectivity index (χ1) is 18.4. The van der Waals surface area contributed by atoms with Gasteiger partial charge in [-0.15, -0.1) is 0 Å². The average molecular weight is 581 g/mol. The minimum Gasteiger partial charge on any atom is -0.490 e. The van der Waals surface area contributed by atoms with Crippen molar-refractivity contribution in [3.8, 4) is 17.0 Å². The molecule has 12 heteroatoms. The molecule has 0 atom stereocenters. The van der Waals surface area contributed by atoms with Gasteiger partial charge in [-0.25, -0.2) is 9.97 Å². The number of ether oxygens (including phenoxy) is 1. The van der Waals surface area contributed by atoms with Gasteiger partial charge in [0.05, 0.1) is 22.8 Å². The predicted octanol–water partition coefficient (Wildman–Crippen LogP) is 7.41. The van der Waals surface area contributed by atoms with Crippen LogP contribution in [-0.2, 0) is 11.0 Å². The molecule has 0 radical (unpaired) electrons. The van der Waals surface area contributed by atoms with Crippen LogP contribution in [0.4, 0.5) is 24.8 Å². The molecule has 3 aromatic rings. The standard InChI is InChI=1S/C27H28ClF3N4O3S/c1-16(2)38-20-9-7-17(28)15-18(20)24-19(27(29,30)31)8-10-21(32-24)34-39-23-6-4-5-22(33-23)35-13-11-26(3,12-14-35)25(36)37/h4-10,15-16H,11-14H2,1-3H3,(H,32,34)(H,36,37). The normalized spacial score (nSPS) is 15.3. The zero-order valence-corrected chi connectivity index (χ0v) is 23.1. The summed E-state index contributed by atoms with van der Waals surface area (Å²) in [6, 6.07) is 12.2. The van der Waals surface area contributed by atoms with E-state index in [0.717, 1.165) is 18.0 Å². The summed E-state index contributed by atoms with van der Waals surface area (Å²) in [5.74, 6) is 0.338. The zero-order valence-electron chi connectivity index (χ0n) is 21.6. The summed E-state index contributed by atoms with van der Waals surface area (Å²) in [4.78, 5) is 22.5. The van der Waals surface area contributed by atoms with Crippen LogP contribution >= 0.6 is 23.5 Å². The maximum absolute atomic E-state index is 13.9. The molecule has 1 aliphatic heterocycles. The molecule has 4 rings (SSSR count). The highest BCUT2D eigenvalue weighted by Crippen LogP contribution is 2.41. The van der Waals surface area contributed by atoms with Crippen LogP contribution in [-0.4, -0.2) is 40.2 Å². The Morgan fingerprint density at radius 1 is 1.15 bits per heavy atom. The first kappa shape index (κ1) is 28.8. The lowest BCUT2D eigenvalue weighted by atomic mass is 9.80. The molecule has 1 aromatic carbocycles. The maximum Gasteiger partial charge on any atom is 0.418 e. The second-order valence-corrected chi connectivity index (χ2v) is 11.1. The third-order valence-corrected chi connectivity index (χ3v) is 7.42. The van der Waals surface area contributed by atoms with E-state index in [1.807, 2.05) is 17.0 Å². The van der Waals surface area contributed by atoms with Crippen LogP contribution in [0.3, 0.4) is 0 Å². The minimum atomic E-state index is -4.65. The molecule has 2 N–H and O–H groups in total. The van der Waals surface area contributed by atoms with Gasteiger partial charge in [-0.1, -0.05) is 17.7 Å². The van der Waals surface area contributed by atoms with E-state index in [2.05, 4.69) is 14.7 Å². The number of piperidine rings is 1. The molecule has 39 heavy (non-hydrogen) atoms. The molecule has 0 unspecified atom stereocenters. The number of anilines is 2. The third-order valence-electron chi connectivity index (χ3n) is 6.44. The number of alkyl halides is 3. The molecule has 0 bridgehead atoms. The Labute approximate surface area is 233 Å². The number of halogens is 4. The van der Waals surface area contributed by atoms with E-state index in [-0.39, 0.29) is 34.0 Å². The fourth-order valence-electron chi connectivity index (χ4n) is 4.18. The fourth-order valence-corrected chi connectivity index (χ4v) is 4.96. The van der Waals surface area contributed by atoms with E-state index >= 15 is 0 Å². The van der Waals surface area contributed by atoms with Crippen LogP contribution in [0.2, 0.25) is 5.02 Å². The number of benzene rings is 1. The number of aromatic nitrogens is 2. The Kier molecular flexibility index (Phi) is 8.51. The number of nitrogens with one attached hydrogen (secondary N) is 1. The van der Waals surface area contributed by atoms with Gasteiger partial charge in [-0.3, -0.25) is 4.79 Å². The summed E-state index contributed by atoms with van der Waals surface area (Å²) < 4.78 is 50.6. The summed E-state index contributed by atoms with van der Waals surface area (Å²) in [7, 11) is 0. The van der Waals surface area contributed by atoms with Crippen LogP contribution in [0.15, 0.2) is 53.6 Å². The zero-order chi connectivity index (χ0) is 28.4. The van der Waals surface area contributed by atoms with Gasteiger partial charge in [-0.05, 0) is 76.1 Å². The van der Waals surface area contributed by atoms with E-state index in [4.69, 9.17) is 16.3 Å². The average Bonchev–Trinajstić information content (AvgIpc) is 2.88. The molecule has 3 heterocycles. The molecule has 0 amide bonds. The van der Waals surface area contributed by atoms with Gasteiger partial charge in [-0.2, -0.15) is 13.2 Å². The van der Waals surface area contributed by atoms with E-state index in [0.29, 0.717) is 36.8 Å². The van der Waals surface area contributed by atoms with Crippen molar-refractivity contribution in [3.05, 3.63) is 59.1 Å². The molecule has 208 valence electrons. The van der Waals surface area contributed by atoms with E-state index in [1.54, 1.807) is 32.9 Å². The number of nitrogens with zero attached hydrogens (tertiary/aromatic N) is 3. The lowest BCUT2D eigenvalue weighted by Gasteiger charge is -2.37. The van der Waals surface area contributed by atoms with E-state index in [1.165, 1.54) is 18.2 Å². The number of aliphatic carboxylic acids is 1. The predicted molar refractivity (Wildman–Crippen MR) is 146 cm³/mol. The van der Waals surface area contributed by atoms with Crippen molar-refractivity contribution in [1.82, 2.24) is 9.97 Å². The highest BCUT2D eigenvalue weighted by atomic mass is 35.5. The van der Waals surface area contributed by atoms with Gasteiger partial charge in [0.2, 0.25) is 0 Å². The first-order valence-electron chi connectivity index (χ1n) is 12.3. The molecular weight excluding hydrogens is 553 g/mol. The van der Waals surface area contributed by atoms with Crippen LogP contribution in [0.5, 0.6) is 5.75 Å². The molecule has 0 spiro atoms. The summed E-state index contributed by atoms with van der Waals surface area (Å²) in [5.41, 5.74) is -1.83. The Hall–Kier alpha value is -3.18. The smallest absolute Gasteiger partial charge is 0.418 e. The molecule has 1 aliphatic rings. The van der Waals surface area contributed by atoms with E-state index in [9.17, 15) is 23.1 Å².